The maximum atomic E-state index is 6.15. The molecule has 0 spiro atoms. The van der Waals surface area contributed by atoms with E-state index in [1.54, 1.807) is 0 Å². The maximum absolute atomic E-state index is 6.15. The molecule has 0 unspecified atom stereocenters. The summed E-state index contributed by atoms with van der Waals surface area (Å²) in [5, 5.41) is 0. The predicted molar refractivity (Wildman–Crippen MR) is 94.7 cm³/mol. The summed E-state index contributed by atoms with van der Waals surface area (Å²) >= 11 is 0. The Labute approximate surface area is 143 Å². The lowest BCUT2D eigenvalue weighted by Gasteiger charge is -2.34. The predicted octanol–water partition coefficient (Wildman–Crippen LogP) is 4.25. The highest BCUT2D eigenvalue weighted by molar-refractivity contribution is 4.79. The Balaban J connectivity index is 1.25. The van der Waals surface area contributed by atoms with Crippen LogP contribution in [-0.2, 0) is 9.47 Å². The largest absolute Gasteiger partial charge is 0.381 e. The fourth-order valence-electron chi connectivity index (χ4n) is 4.96. The summed E-state index contributed by atoms with van der Waals surface area (Å²) in [7, 11) is 1.87. The normalized spacial score (nSPS) is 36.4. The van der Waals surface area contributed by atoms with E-state index in [0.717, 1.165) is 25.0 Å². The molecule has 0 aromatic carbocycles. The van der Waals surface area contributed by atoms with Crippen molar-refractivity contribution in [2.24, 2.45) is 11.8 Å². The van der Waals surface area contributed by atoms with Gasteiger partial charge in [-0.05, 0) is 95.6 Å². The van der Waals surface area contributed by atoms with Crippen molar-refractivity contribution < 1.29 is 9.47 Å². The van der Waals surface area contributed by atoms with Crippen LogP contribution in [0.1, 0.15) is 70.6 Å². The highest BCUT2D eigenvalue weighted by Crippen LogP contribution is 2.36. The second-order valence-electron chi connectivity index (χ2n) is 8.18. The number of methoxy groups -OCH3 is 1. The van der Waals surface area contributed by atoms with Gasteiger partial charge < -0.3 is 14.4 Å². The van der Waals surface area contributed by atoms with Gasteiger partial charge in [0.2, 0.25) is 0 Å². The number of nitrogens with zero attached hydrogens (tertiary/aromatic N) is 1. The summed E-state index contributed by atoms with van der Waals surface area (Å²) < 4.78 is 11.7. The van der Waals surface area contributed by atoms with Crippen LogP contribution in [0.25, 0.3) is 0 Å². The molecule has 3 heteroatoms. The molecule has 0 amide bonds. The van der Waals surface area contributed by atoms with Gasteiger partial charge in [-0.3, -0.25) is 0 Å². The Hall–Kier alpha value is -0.120. The summed E-state index contributed by atoms with van der Waals surface area (Å²) in [5.41, 5.74) is 0. The molecule has 3 rings (SSSR count). The van der Waals surface area contributed by atoms with E-state index in [1.165, 1.54) is 83.7 Å². The summed E-state index contributed by atoms with van der Waals surface area (Å²) in [6, 6.07) is 0. The molecule has 0 aromatic rings. The molecule has 2 saturated carbocycles. The van der Waals surface area contributed by atoms with Crippen LogP contribution in [0.2, 0.25) is 0 Å². The molecule has 3 aliphatic rings. The van der Waals surface area contributed by atoms with Gasteiger partial charge in [0.15, 0.2) is 0 Å². The van der Waals surface area contributed by atoms with Crippen LogP contribution in [0.4, 0.5) is 0 Å². The van der Waals surface area contributed by atoms with Crippen LogP contribution in [-0.4, -0.2) is 50.5 Å². The number of rotatable bonds is 7. The first-order chi connectivity index (χ1) is 11.3. The van der Waals surface area contributed by atoms with E-state index in [2.05, 4.69) is 4.90 Å². The molecule has 3 fully saturated rings. The summed E-state index contributed by atoms with van der Waals surface area (Å²) in [4.78, 5) is 2.56. The van der Waals surface area contributed by atoms with Gasteiger partial charge in [0, 0.05) is 13.7 Å². The Kier molecular flexibility index (Phi) is 7.22. The van der Waals surface area contributed by atoms with Crippen molar-refractivity contribution in [3.8, 4) is 0 Å². The average Bonchev–Trinajstić information content (AvgIpc) is 3.11. The lowest BCUT2D eigenvalue weighted by atomic mass is 9.76. The van der Waals surface area contributed by atoms with Crippen molar-refractivity contribution in [2.45, 2.75) is 82.8 Å². The summed E-state index contributed by atoms with van der Waals surface area (Å²) in [6.07, 6.45) is 16.1. The second-order valence-corrected chi connectivity index (χ2v) is 8.18. The van der Waals surface area contributed by atoms with Gasteiger partial charge in [-0.25, -0.2) is 0 Å². The van der Waals surface area contributed by atoms with E-state index >= 15 is 0 Å². The lowest BCUT2D eigenvalue weighted by molar-refractivity contribution is 0.00462. The Morgan fingerprint density at radius 2 is 1.35 bits per heavy atom. The monoisotopic (exact) mass is 323 g/mol. The third-order valence-corrected chi connectivity index (χ3v) is 6.55. The molecular formula is C20H37NO2. The quantitative estimate of drug-likeness (QED) is 0.699. The van der Waals surface area contributed by atoms with Gasteiger partial charge in [-0.15, -0.1) is 0 Å². The second kappa shape index (κ2) is 9.39. The highest BCUT2D eigenvalue weighted by Gasteiger charge is 2.27. The van der Waals surface area contributed by atoms with Gasteiger partial charge >= 0.3 is 0 Å². The molecular weight excluding hydrogens is 286 g/mol. The molecule has 1 aliphatic heterocycles. The van der Waals surface area contributed by atoms with E-state index in [4.69, 9.17) is 9.47 Å². The van der Waals surface area contributed by atoms with Gasteiger partial charge in [0.05, 0.1) is 18.8 Å². The fraction of sp³-hybridized carbons (Fsp3) is 1.00. The van der Waals surface area contributed by atoms with Gasteiger partial charge in [-0.2, -0.15) is 0 Å². The molecule has 0 radical (unpaired) electrons. The van der Waals surface area contributed by atoms with Crippen LogP contribution in [0.5, 0.6) is 0 Å². The van der Waals surface area contributed by atoms with Crippen molar-refractivity contribution in [3.63, 3.8) is 0 Å². The Morgan fingerprint density at radius 1 is 0.783 bits per heavy atom. The number of hydrogen-bond donors (Lipinski definition) is 0. The van der Waals surface area contributed by atoms with E-state index < -0.39 is 0 Å². The smallest absolute Gasteiger partial charge is 0.0597 e. The number of hydrogen-bond acceptors (Lipinski definition) is 3. The van der Waals surface area contributed by atoms with Crippen molar-refractivity contribution in [1.82, 2.24) is 4.90 Å². The van der Waals surface area contributed by atoms with Gasteiger partial charge in [0.1, 0.15) is 0 Å². The van der Waals surface area contributed by atoms with E-state index in [9.17, 15) is 0 Å². The standard InChI is InChI=1S/C20H37NO2/c1-22-19-8-4-17(5-9-19)16-18-6-10-20(11-7-18)23-15-14-21-12-2-3-13-21/h17-20H,2-16H2,1H3. The minimum absolute atomic E-state index is 0.547. The minimum atomic E-state index is 0.547. The van der Waals surface area contributed by atoms with Crippen LogP contribution >= 0.6 is 0 Å². The van der Waals surface area contributed by atoms with Crippen LogP contribution in [0.3, 0.4) is 0 Å². The third-order valence-electron chi connectivity index (χ3n) is 6.55. The molecule has 3 nitrogen and oxygen atoms in total. The van der Waals surface area contributed by atoms with Crippen molar-refractivity contribution in [2.75, 3.05) is 33.4 Å². The molecule has 2 aliphatic carbocycles. The van der Waals surface area contributed by atoms with Crippen LogP contribution < -0.4 is 0 Å². The topological polar surface area (TPSA) is 21.7 Å². The first-order valence-electron chi connectivity index (χ1n) is 10.2. The Bertz CT molecular complexity index is 314. The molecule has 1 saturated heterocycles. The van der Waals surface area contributed by atoms with Gasteiger partial charge in [0.25, 0.3) is 0 Å². The van der Waals surface area contributed by atoms with E-state index in [0.29, 0.717) is 12.2 Å². The van der Waals surface area contributed by atoms with Crippen molar-refractivity contribution >= 4 is 0 Å². The van der Waals surface area contributed by atoms with Crippen molar-refractivity contribution in [3.05, 3.63) is 0 Å². The maximum Gasteiger partial charge on any atom is 0.0597 e. The number of ether oxygens (including phenoxy) is 2. The SMILES string of the molecule is COC1CCC(CC2CCC(OCCN3CCCC3)CC2)CC1. The zero-order valence-corrected chi connectivity index (χ0v) is 15.2. The zero-order chi connectivity index (χ0) is 15.9. The molecule has 1 heterocycles. The third kappa shape index (κ3) is 5.72. The average molecular weight is 324 g/mol. The Morgan fingerprint density at radius 3 is 1.91 bits per heavy atom. The number of likely N-dealkylation sites (tertiary alicyclic amines) is 1. The van der Waals surface area contributed by atoms with Gasteiger partial charge in [-0.1, -0.05) is 0 Å². The summed E-state index contributed by atoms with van der Waals surface area (Å²) in [5.74, 6) is 1.94. The molecule has 0 bridgehead atoms. The van der Waals surface area contributed by atoms with Crippen LogP contribution in [0.15, 0.2) is 0 Å². The highest BCUT2D eigenvalue weighted by atomic mass is 16.5. The van der Waals surface area contributed by atoms with Crippen LogP contribution in [0, 0.1) is 11.8 Å². The molecule has 134 valence electrons. The van der Waals surface area contributed by atoms with E-state index in [1.807, 2.05) is 7.11 Å². The molecule has 0 atom stereocenters. The first kappa shape index (κ1) is 17.7. The molecule has 0 N–H and O–H groups in total. The molecule has 0 aromatic heterocycles. The fourth-order valence-corrected chi connectivity index (χ4v) is 4.96. The minimum Gasteiger partial charge on any atom is -0.381 e. The zero-order valence-electron chi connectivity index (χ0n) is 15.2. The lowest BCUT2D eigenvalue weighted by Crippen LogP contribution is -2.29. The van der Waals surface area contributed by atoms with Crippen molar-refractivity contribution in [1.29, 1.82) is 0 Å². The summed E-state index contributed by atoms with van der Waals surface area (Å²) in [6.45, 7) is 4.70. The first-order valence-corrected chi connectivity index (χ1v) is 10.2. The van der Waals surface area contributed by atoms with E-state index in [-0.39, 0.29) is 0 Å². The molecule has 23 heavy (non-hydrogen) atoms.